The first-order valence-corrected chi connectivity index (χ1v) is 7.16. The summed E-state index contributed by atoms with van der Waals surface area (Å²) in [5, 5.41) is 0.272. The molecule has 2 rings (SSSR count). The van der Waals surface area contributed by atoms with Crippen LogP contribution in [0.25, 0.3) is 0 Å². The highest BCUT2D eigenvalue weighted by Gasteiger charge is 2.20. The minimum Gasteiger partial charge on any atom is -0.495 e. The molecule has 0 spiro atoms. The molecule has 5 nitrogen and oxygen atoms in total. The molecule has 0 fully saturated rings. The maximum atomic E-state index is 12.3. The topological polar surface area (TPSA) is 68.3 Å². The Morgan fingerprint density at radius 2 is 2.00 bits per heavy atom. The first-order chi connectivity index (χ1) is 9.04. The molecule has 0 saturated heterocycles. The van der Waals surface area contributed by atoms with Crippen LogP contribution in [0.4, 0.5) is 5.69 Å². The molecule has 1 heterocycles. The number of pyridine rings is 1. The van der Waals surface area contributed by atoms with Crippen molar-refractivity contribution in [2.45, 2.75) is 4.90 Å². The Balaban J connectivity index is 2.41. The van der Waals surface area contributed by atoms with Crippen LogP contribution in [0.2, 0.25) is 5.02 Å². The van der Waals surface area contributed by atoms with Gasteiger partial charge >= 0.3 is 0 Å². The molecule has 2 aromatic rings. The second-order valence-corrected chi connectivity index (χ2v) is 5.67. The zero-order valence-electron chi connectivity index (χ0n) is 10.00. The number of benzene rings is 1. The van der Waals surface area contributed by atoms with E-state index in [1.807, 2.05) is 0 Å². The largest absolute Gasteiger partial charge is 0.495 e. The van der Waals surface area contributed by atoms with E-state index in [4.69, 9.17) is 16.3 Å². The van der Waals surface area contributed by atoms with Gasteiger partial charge in [0.15, 0.2) is 0 Å². The van der Waals surface area contributed by atoms with E-state index < -0.39 is 10.0 Å². The van der Waals surface area contributed by atoms with Crippen LogP contribution in [0.1, 0.15) is 0 Å². The highest BCUT2D eigenvalue weighted by molar-refractivity contribution is 7.92. The molecule has 19 heavy (non-hydrogen) atoms. The van der Waals surface area contributed by atoms with Crippen molar-refractivity contribution >= 4 is 27.3 Å². The van der Waals surface area contributed by atoms with E-state index in [0.29, 0.717) is 0 Å². The molecular formula is C12H11ClN2O3S. The van der Waals surface area contributed by atoms with Gasteiger partial charge in [0.25, 0.3) is 10.0 Å². The second kappa shape index (κ2) is 5.46. The van der Waals surface area contributed by atoms with Gasteiger partial charge in [0, 0.05) is 6.20 Å². The zero-order valence-corrected chi connectivity index (χ0v) is 11.6. The molecule has 1 aromatic carbocycles. The highest BCUT2D eigenvalue weighted by atomic mass is 35.5. The molecule has 0 unspecified atom stereocenters. The Bertz CT molecular complexity index is 689. The van der Waals surface area contributed by atoms with Gasteiger partial charge in [0.2, 0.25) is 0 Å². The van der Waals surface area contributed by atoms with Crippen molar-refractivity contribution in [3.8, 4) is 5.75 Å². The summed E-state index contributed by atoms with van der Waals surface area (Å²) >= 11 is 5.89. The molecule has 0 saturated carbocycles. The molecule has 0 aliphatic carbocycles. The van der Waals surface area contributed by atoms with Crippen LogP contribution in [0, 0.1) is 0 Å². The Kier molecular flexibility index (Phi) is 3.92. The number of methoxy groups -OCH3 is 1. The summed E-state index contributed by atoms with van der Waals surface area (Å²) in [5.41, 5.74) is 0.218. The van der Waals surface area contributed by atoms with Crippen LogP contribution < -0.4 is 9.46 Å². The van der Waals surface area contributed by atoms with Crippen molar-refractivity contribution in [1.29, 1.82) is 0 Å². The maximum Gasteiger partial charge on any atom is 0.265 e. The normalized spacial score (nSPS) is 11.1. The molecule has 1 N–H and O–H groups in total. The van der Waals surface area contributed by atoms with E-state index in [9.17, 15) is 8.42 Å². The highest BCUT2D eigenvalue weighted by Crippen LogP contribution is 2.27. The predicted molar refractivity (Wildman–Crippen MR) is 73.0 cm³/mol. The van der Waals surface area contributed by atoms with Crippen LogP contribution in [0.3, 0.4) is 0 Å². The van der Waals surface area contributed by atoms with E-state index in [1.54, 1.807) is 18.2 Å². The van der Waals surface area contributed by atoms with E-state index in [1.165, 1.54) is 31.6 Å². The van der Waals surface area contributed by atoms with Gasteiger partial charge in [0.05, 0.1) is 24.0 Å². The number of ether oxygens (including phenoxy) is 1. The first kappa shape index (κ1) is 13.6. The van der Waals surface area contributed by atoms with E-state index in [0.717, 1.165) is 0 Å². The summed E-state index contributed by atoms with van der Waals surface area (Å²) in [5.74, 6) is 0.259. The lowest BCUT2D eigenvalue weighted by Crippen LogP contribution is -2.14. The van der Waals surface area contributed by atoms with Gasteiger partial charge in [-0.25, -0.2) is 8.42 Å². The molecule has 0 amide bonds. The third-order valence-corrected chi connectivity index (χ3v) is 4.11. The third kappa shape index (κ3) is 2.97. The molecule has 100 valence electrons. The first-order valence-electron chi connectivity index (χ1n) is 5.30. The quantitative estimate of drug-likeness (QED) is 0.942. The van der Waals surface area contributed by atoms with Crippen LogP contribution in [-0.4, -0.2) is 20.5 Å². The van der Waals surface area contributed by atoms with E-state index in [2.05, 4.69) is 9.71 Å². The summed E-state index contributed by atoms with van der Waals surface area (Å²) in [6, 6.07) is 7.82. The van der Waals surface area contributed by atoms with Crippen LogP contribution in [-0.2, 0) is 10.0 Å². The number of para-hydroxylation sites is 1. The average Bonchev–Trinajstić information content (AvgIpc) is 2.41. The number of nitrogens with zero attached hydrogens (tertiary/aromatic N) is 1. The van der Waals surface area contributed by atoms with Gasteiger partial charge in [-0.05, 0) is 18.2 Å². The van der Waals surface area contributed by atoms with Gasteiger partial charge in [-0.1, -0.05) is 23.7 Å². The molecular weight excluding hydrogens is 288 g/mol. The molecule has 0 aliphatic rings. The van der Waals surface area contributed by atoms with Gasteiger partial charge in [-0.15, -0.1) is 0 Å². The summed E-state index contributed by atoms with van der Waals surface area (Å²) < 4.78 is 31.9. The number of rotatable bonds is 4. The Labute approximate surface area is 116 Å². The molecule has 0 radical (unpaired) electrons. The van der Waals surface area contributed by atoms with Gasteiger partial charge in [-0.3, -0.25) is 9.71 Å². The SMILES string of the molecule is COc1ccccc1S(=O)(=O)Nc1cnccc1Cl. The number of hydrogen-bond acceptors (Lipinski definition) is 4. The lowest BCUT2D eigenvalue weighted by molar-refractivity contribution is 0.403. The number of anilines is 1. The summed E-state index contributed by atoms with van der Waals surface area (Å²) in [6.07, 6.45) is 2.82. The monoisotopic (exact) mass is 298 g/mol. The van der Waals surface area contributed by atoms with Crippen molar-refractivity contribution in [3.05, 3.63) is 47.7 Å². The number of nitrogens with one attached hydrogen (secondary N) is 1. The fourth-order valence-electron chi connectivity index (χ4n) is 1.49. The Hall–Kier alpha value is -1.79. The van der Waals surface area contributed by atoms with Gasteiger partial charge in [0.1, 0.15) is 10.6 Å². The number of halogens is 1. The lowest BCUT2D eigenvalue weighted by Gasteiger charge is -2.11. The molecule has 0 bridgehead atoms. The number of aromatic nitrogens is 1. The van der Waals surface area contributed by atoms with Crippen LogP contribution in [0.15, 0.2) is 47.6 Å². The summed E-state index contributed by atoms with van der Waals surface area (Å²) in [4.78, 5) is 3.86. The fourth-order valence-corrected chi connectivity index (χ4v) is 2.94. The summed E-state index contributed by atoms with van der Waals surface area (Å²) in [6.45, 7) is 0. The zero-order chi connectivity index (χ0) is 13.9. The molecule has 1 aromatic heterocycles. The second-order valence-electron chi connectivity index (χ2n) is 3.61. The van der Waals surface area contributed by atoms with Crippen molar-refractivity contribution in [1.82, 2.24) is 4.98 Å². The van der Waals surface area contributed by atoms with Crippen molar-refractivity contribution in [3.63, 3.8) is 0 Å². The number of hydrogen-bond donors (Lipinski definition) is 1. The van der Waals surface area contributed by atoms with Crippen molar-refractivity contribution < 1.29 is 13.2 Å². The molecule has 0 atom stereocenters. The lowest BCUT2D eigenvalue weighted by atomic mass is 10.3. The minimum absolute atomic E-state index is 0.0393. The van der Waals surface area contributed by atoms with E-state index >= 15 is 0 Å². The molecule has 7 heteroatoms. The van der Waals surface area contributed by atoms with Crippen LogP contribution in [0.5, 0.6) is 5.75 Å². The predicted octanol–water partition coefficient (Wildman–Crippen LogP) is 2.54. The third-order valence-electron chi connectivity index (χ3n) is 2.37. The van der Waals surface area contributed by atoms with Gasteiger partial charge in [-0.2, -0.15) is 0 Å². The Morgan fingerprint density at radius 1 is 1.26 bits per heavy atom. The van der Waals surface area contributed by atoms with Crippen molar-refractivity contribution in [2.24, 2.45) is 0 Å². The average molecular weight is 299 g/mol. The fraction of sp³-hybridized carbons (Fsp3) is 0.0833. The maximum absolute atomic E-state index is 12.3. The van der Waals surface area contributed by atoms with Crippen molar-refractivity contribution in [2.75, 3.05) is 11.8 Å². The Morgan fingerprint density at radius 3 is 2.68 bits per heavy atom. The minimum atomic E-state index is -3.78. The summed E-state index contributed by atoms with van der Waals surface area (Å²) in [7, 11) is -2.37. The van der Waals surface area contributed by atoms with Crippen LogP contribution >= 0.6 is 11.6 Å². The van der Waals surface area contributed by atoms with Gasteiger partial charge < -0.3 is 4.74 Å². The smallest absolute Gasteiger partial charge is 0.265 e. The standard InChI is InChI=1S/C12H11ClN2O3S/c1-18-11-4-2-3-5-12(11)19(16,17)15-10-8-14-7-6-9(10)13/h2-8,15H,1H3. The number of sulfonamides is 1. The molecule has 0 aliphatic heterocycles. The van der Waals surface area contributed by atoms with E-state index in [-0.39, 0.29) is 21.4 Å².